The summed E-state index contributed by atoms with van der Waals surface area (Å²) >= 11 is 2.23. The van der Waals surface area contributed by atoms with E-state index in [4.69, 9.17) is 23.7 Å². The van der Waals surface area contributed by atoms with Gasteiger partial charge in [0.1, 0.15) is 12.1 Å². The zero-order valence-electron chi connectivity index (χ0n) is 18.2. The molecule has 0 N–H and O–H groups in total. The molecule has 0 amide bonds. The zero-order valence-corrected chi connectivity index (χ0v) is 20.4. The first-order valence-electron chi connectivity index (χ1n) is 10.1. The molecule has 0 radical (unpaired) electrons. The van der Waals surface area contributed by atoms with Gasteiger partial charge >= 0.3 is 0 Å². The van der Waals surface area contributed by atoms with E-state index in [1.807, 2.05) is 35.0 Å². The minimum Gasteiger partial charge on any atom is -0.493 e. The third-order valence-corrected chi connectivity index (χ3v) is 5.93. The van der Waals surface area contributed by atoms with E-state index in [1.165, 1.54) is 0 Å². The van der Waals surface area contributed by atoms with Gasteiger partial charge in [-0.1, -0.05) is 0 Å². The molecule has 0 saturated carbocycles. The van der Waals surface area contributed by atoms with Crippen LogP contribution in [0.15, 0.2) is 42.9 Å². The summed E-state index contributed by atoms with van der Waals surface area (Å²) in [5.74, 6) is 2.63. The number of aromatic nitrogens is 4. The normalized spacial score (nSPS) is 14.8. The second kappa shape index (κ2) is 8.93. The predicted octanol–water partition coefficient (Wildman–Crippen LogP) is 4.02. The number of ether oxygens (including phenoxy) is 5. The van der Waals surface area contributed by atoms with E-state index in [-0.39, 0.29) is 0 Å². The Bertz CT molecular complexity index is 1310. The standard InChI is InChI=1S/C23H21IN4O5/c1-29-17-6-13(10-28-12-26-16-8-14(24)9-25-22(16)28)7-18-21(17)33-19(11-32-18)15-4-5-20(30-2)27-23(15)31-3/h4-9,12,19H,10-11H2,1-3H3. The highest BCUT2D eigenvalue weighted by Crippen LogP contribution is 2.45. The molecule has 1 aliphatic heterocycles. The molecule has 5 rings (SSSR count). The molecular weight excluding hydrogens is 539 g/mol. The fourth-order valence-electron chi connectivity index (χ4n) is 3.79. The van der Waals surface area contributed by atoms with E-state index in [1.54, 1.807) is 33.7 Å². The molecule has 33 heavy (non-hydrogen) atoms. The van der Waals surface area contributed by atoms with Crippen LogP contribution in [0.3, 0.4) is 0 Å². The summed E-state index contributed by atoms with van der Waals surface area (Å²) in [5, 5.41) is 0. The van der Waals surface area contributed by atoms with E-state index in [0.29, 0.717) is 42.2 Å². The van der Waals surface area contributed by atoms with Crippen LogP contribution < -0.4 is 23.7 Å². The van der Waals surface area contributed by atoms with Crippen molar-refractivity contribution in [3.8, 4) is 29.0 Å². The van der Waals surface area contributed by atoms with Crippen molar-refractivity contribution >= 4 is 33.8 Å². The maximum Gasteiger partial charge on any atom is 0.223 e. The first kappa shape index (κ1) is 21.6. The molecule has 1 aromatic carbocycles. The molecule has 3 aromatic heterocycles. The lowest BCUT2D eigenvalue weighted by Gasteiger charge is -2.29. The maximum atomic E-state index is 6.29. The maximum absolute atomic E-state index is 6.29. The lowest BCUT2D eigenvalue weighted by Crippen LogP contribution is -2.23. The fraction of sp³-hybridized carbons (Fsp3) is 0.261. The number of hydrogen-bond donors (Lipinski definition) is 0. The van der Waals surface area contributed by atoms with Gasteiger partial charge in [-0.05, 0) is 52.4 Å². The average Bonchev–Trinajstić information content (AvgIpc) is 3.24. The largest absolute Gasteiger partial charge is 0.493 e. The van der Waals surface area contributed by atoms with Crippen molar-refractivity contribution in [2.75, 3.05) is 27.9 Å². The number of methoxy groups -OCH3 is 3. The minimum absolute atomic E-state index is 0.304. The molecule has 1 aliphatic rings. The first-order valence-corrected chi connectivity index (χ1v) is 11.2. The van der Waals surface area contributed by atoms with Crippen molar-refractivity contribution < 1.29 is 23.7 Å². The lowest BCUT2D eigenvalue weighted by molar-refractivity contribution is 0.0845. The van der Waals surface area contributed by atoms with E-state index in [0.717, 1.165) is 25.9 Å². The quantitative estimate of drug-likeness (QED) is 0.327. The van der Waals surface area contributed by atoms with Gasteiger partial charge in [0.05, 0.1) is 39.8 Å². The molecule has 1 atom stereocenters. The Morgan fingerprint density at radius 3 is 2.76 bits per heavy atom. The smallest absolute Gasteiger partial charge is 0.223 e. The number of benzene rings is 1. The summed E-state index contributed by atoms with van der Waals surface area (Å²) in [7, 11) is 4.73. The summed E-state index contributed by atoms with van der Waals surface area (Å²) in [5.41, 5.74) is 3.43. The molecule has 4 heterocycles. The third-order valence-electron chi connectivity index (χ3n) is 5.34. The van der Waals surface area contributed by atoms with Crippen molar-refractivity contribution in [1.82, 2.24) is 19.5 Å². The molecule has 0 saturated heterocycles. The van der Waals surface area contributed by atoms with Crippen LogP contribution in [0, 0.1) is 3.57 Å². The van der Waals surface area contributed by atoms with Crippen LogP contribution in [0.5, 0.6) is 29.0 Å². The number of halogens is 1. The highest BCUT2D eigenvalue weighted by molar-refractivity contribution is 14.1. The molecule has 1 unspecified atom stereocenters. The summed E-state index contributed by atoms with van der Waals surface area (Å²) in [6.45, 7) is 0.870. The van der Waals surface area contributed by atoms with Gasteiger partial charge in [0.15, 0.2) is 23.3 Å². The van der Waals surface area contributed by atoms with Crippen molar-refractivity contribution in [3.63, 3.8) is 0 Å². The van der Waals surface area contributed by atoms with E-state index < -0.39 is 6.10 Å². The number of pyridine rings is 2. The molecule has 0 bridgehead atoms. The highest BCUT2D eigenvalue weighted by Gasteiger charge is 2.29. The van der Waals surface area contributed by atoms with Gasteiger partial charge in [-0.15, -0.1) is 0 Å². The molecular formula is C23H21IN4O5. The Hall–Kier alpha value is -3.28. The minimum atomic E-state index is -0.408. The van der Waals surface area contributed by atoms with Crippen LogP contribution in [0.1, 0.15) is 17.2 Å². The van der Waals surface area contributed by atoms with E-state index >= 15 is 0 Å². The van der Waals surface area contributed by atoms with Gasteiger partial charge < -0.3 is 28.3 Å². The lowest BCUT2D eigenvalue weighted by atomic mass is 10.1. The van der Waals surface area contributed by atoms with Crippen molar-refractivity contribution in [3.05, 3.63) is 57.6 Å². The number of nitrogens with zero attached hydrogens (tertiary/aromatic N) is 4. The van der Waals surface area contributed by atoms with Gasteiger partial charge in [0.25, 0.3) is 0 Å². The van der Waals surface area contributed by atoms with E-state index in [2.05, 4.69) is 37.5 Å². The van der Waals surface area contributed by atoms with Crippen LogP contribution in [-0.4, -0.2) is 47.5 Å². The molecule has 170 valence electrons. The summed E-state index contributed by atoms with van der Waals surface area (Å²) in [6.07, 6.45) is 3.21. The molecule has 0 fully saturated rings. The van der Waals surface area contributed by atoms with Crippen molar-refractivity contribution in [2.45, 2.75) is 12.6 Å². The second-order valence-corrected chi connectivity index (χ2v) is 8.61. The highest BCUT2D eigenvalue weighted by atomic mass is 127. The molecule has 10 heteroatoms. The zero-order chi connectivity index (χ0) is 22.9. The van der Waals surface area contributed by atoms with Crippen LogP contribution in [0.25, 0.3) is 11.2 Å². The van der Waals surface area contributed by atoms with Gasteiger partial charge in [-0.3, -0.25) is 0 Å². The molecule has 9 nitrogen and oxygen atoms in total. The number of imidazole rings is 1. The van der Waals surface area contributed by atoms with Gasteiger partial charge in [0, 0.05) is 15.8 Å². The number of fused-ring (bicyclic) bond motifs is 2. The average molecular weight is 560 g/mol. The Balaban J connectivity index is 1.44. The van der Waals surface area contributed by atoms with Crippen LogP contribution >= 0.6 is 22.6 Å². The van der Waals surface area contributed by atoms with Crippen molar-refractivity contribution in [1.29, 1.82) is 0 Å². The molecule has 0 aliphatic carbocycles. The summed E-state index contributed by atoms with van der Waals surface area (Å²) in [6, 6.07) is 9.53. The molecule has 0 spiro atoms. The van der Waals surface area contributed by atoms with Gasteiger partial charge in [-0.25, -0.2) is 9.97 Å². The Labute approximate surface area is 203 Å². The predicted molar refractivity (Wildman–Crippen MR) is 129 cm³/mol. The van der Waals surface area contributed by atoms with E-state index in [9.17, 15) is 0 Å². The topological polar surface area (TPSA) is 89.8 Å². The third kappa shape index (κ3) is 4.10. The Morgan fingerprint density at radius 2 is 1.97 bits per heavy atom. The monoisotopic (exact) mass is 560 g/mol. The van der Waals surface area contributed by atoms with Gasteiger partial charge in [0.2, 0.25) is 17.5 Å². The Morgan fingerprint density at radius 1 is 1.09 bits per heavy atom. The van der Waals surface area contributed by atoms with Crippen LogP contribution in [-0.2, 0) is 6.54 Å². The summed E-state index contributed by atoms with van der Waals surface area (Å²) < 4.78 is 31.7. The molecule has 4 aromatic rings. The number of hydrogen-bond acceptors (Lipinski definition) is 8. The summed E-state index contributed by atoms with van der Waals surface area (Å²) in [4.78, 5) is 13.3. The SMILES string of the molecule is COc1ccc(C2COc3cc(Cn4cnc5cc(I)cnc54)cc(OC)c3O2)c(OC)n1. The fourth-order valence-corrected chi connectivity index (χ4v) is 4.22. The van der Waals surface area contributed by atoms with Crippen LogP contribution in [0.2, 0.25) is 0 Å². The van der Waals surface area contributed by atoms with Crippen LogP contribution in [0.4, 0.5) is 0 Å². The first-order chi connectivity index (χ1) is 16.1. The van der Waals surface area contributed by atoms with Gasteiger partial charge in [-0.2, -0.15) is 4.98 Å². The van der Waals surface area contributed by atoms with Crippen molar-refractivity contribution in [2.24, 2.45) is 0 Å². The second-order valence-electron chi connectivity index (χ2n) is 7.36. The number of rotatable bonds is 6. The Kier molecular flexibility index (Phi) is 5.83.